The number of nitrogens with two attached hydrogens (primary N) is 1. The Bertz CT molecular complexity index is 287. The Morgan fingerprint density at radius 1 is 1.35 bits per heavy atom. The monoisotopic (exact) mass is 240 g/mol. The Morgan fingerprint density at radius 2 is 2.00 bits per heavy atom. The van der Waals surface area contributed by atoms with E-state index in [2.05, 4.69) is 0 Å². The molecule has 0 radical (unpaired) electrons. The van der Waals surface area contributed by atoms with Crippen molar-refractivity contribution in [2.75, 3.05) is 13.1 Å². The average molecular weight is 240 g/mol. The summed E-state index contributed by atoms with van der Waals surface area (Å²) in [5.41, 5.74) is 5.64. The third-order valence-electron chi connectivity index (χ3n) is 4.32. The molecular weight excluding hydrogens is 216 g/mol. The highest BCUT2D eigenvalue weighted by atomic mass is 16.3. The molecule has 2 unspecified atom stereocenters. The molecule has 1 amide bonds. The van der Waals surface area contributed by atoms with Crippen LogP contribution in [0.25, 0.3) is 0 Å². The van der Waals surface area contributed by atoms with Crippen LogP contribution in [0.1, 0.15) is 45.4 Å². The van der Waals surface area contributed by atoms with Gasteiger partial charge in [0.2, 0.25) is 5.91 Å². The molecule has 17 heavy (non-hydrogen) atoms. The highest BCUT2D eigenvalue weighted by Gasteiger charge is 2.40. The summed E-state index contributed by atoms with van der Waals surface area (Å²) in [5, 5.41) is 9.68. The summed E-state index contributed by atoms with van der Waals surface area (Å²) in [6, 6.07) is 0. The van der Waals surface area contributed by atoms with Gasteiger partial charge in [0.25, 0.3) is 0 Å². The molecule has 2 fully saturated rings. The molecule has 1 saturated carbocycles. The summed E-state index contributed by atoms with van der Waals surface area (Å²) in [4.78, 5) is 14.3. The van der Waals surface area contributed by atoms with Gasteiger partial charge in [-0.2, -0.15) is 0 Å². The van der Waals surface area contributed by atoms with Crippen LogP contribution < -0.4 is 5.73 Å². The molecule has 4 nitrogen and oxygen atoms in total. The molecule has 2 rings (SSSR count). The van der Waals surface area contributed by atoms with Crippen LogP contribution in [0.2, 0.25) is 0 Å². The van der Waals surface area contributed by atoms with Gasteiger partial charge in [-0.1, -0.05) is 26.2 Å². The lowest BCUT2D eigenvalue weighted by atomic mass is 9.81. The second-order valence-electron chi connectivity index (χ2n) is 5.80. The average Bonchev–Trinajstić information content (AvgIpc) is 2.33. The lowest BCUT2D eigenvalue weighted by Gasteiger charge is -2.41. The smallest absolute Gasteiger partial charge is 0.242 e. The molecule has 0 spiro atoms. The highest BCUT2D eigenvalue weighted by Crippen LogP contribution is 2.29. The van der Waals surface area contributed by atoms with Crippen LogP contribution in [0.3, 0.4) is 0 Å². The molecule has 98 valence electrons. The van der Waals surface area contributed by atoms with Crippen molar-refractivity contribution < 1.29 is 9.90 Å². The zero-order valence-electron chi connectivity index (χ0n) is 10.7. The predicted octanol–water partition coefficient (Wildman–Crippen LogP) is 0.877. The number of hydrogen-bond donors (Lipinski definition) is 2. The summed E-state index contributed by atoms with van der Waals surface area (Å²) < 4.78 is 0. The van der Waals surface area contributed by atoms with Crippen molar-refractivity contribution in [3.05, 3.63) is 0 Å². The summed E-state index contributed by atoms with van der Waals surface area (Å²) in [5.74, 6) is 0.274. The van der Waals surface area contributed by atoms with Gasteiger partial charge in [-0.05, 0) is 25.2 Å². The Morgan fingerprint density at radius 3 is 2.59 bits per heavy atom. The van der Waals surface area contributed by atoms with Gasteiger partial charge >= 0.3 is 0 Å². The van der Waals surface area contributed by atoms with Gasteiger partial charge in [-0.3, -0.25) is 4.79 Å². The van der Waals surface area contributed by atoms with Gasteiger partial charge in [0.1, 0.15) is 0 Å². The molecule has 0 aromatic carbocycles. The number of nitrogens with zero attached hydrogens (tertiary/aromatic N) is 1. The van der Waals surface area contributed by atoms with Crippen molar-refractivity contribution in [3.8, 4) is 0 Å². The molecule has 1 aliphatic heterocycles. The third-order valence-corrected chi connectivity index (χ3v) is 4.32. The van der Waals surface area contributed by atoms with Crippen molar-refractivity contribution >= 4 is 5.91 Å². The maximum absolute atomic E-state index is 12.4. The van der Waals surface area contributed by atoms with E-state index in [0.717, 1.165) is 25.7 Å². The molecule has 1 heterocycles. The number of hydrogen-bond acceptors (Lipinski definition) is 3. The minimum absolute atomic E-state index is 0.107. The highest BCUT2D eigenvalue weighted by molar-refractivity contribution is 5.86. The summed E-state index contributed by atoms with van der Waals surface area (Å²) in [6.07, 6.45) is 5.38. The number of rotatable bonds is 1. The number of likely N-dealkylation sites (tertiary alicyclic amines) is 1. The van der Waals surface area contributed by atoms with Crippen LogP contribution in [0.15, 0.2) is 0 Å². The van der Waals surface area contributed by atoms with Crippen LogP contribution in [0.4, 0.5) is 0 Å². The standard InChI is InChI=1S/C13H24N2O2/c1-10-9-15(8-5-11(10)16)12(17)13(14)6-3-2-4-7-13/h10-11,16H,2-9,14H2,1H3. The maximum Gasteiger partial charge on any atom is 0.242 e. The second-order valence-corrected chi connectivity index (χ2v) is 5.80. The molecule has 2 aliphatic rings. The van der Waals surface area contributed by atoms with Gasteiger partial charge in [-0.15, -0.1) is 0 Å². The fraction of sp³-hybridized carbons (Fsp3) is 0.923. The van der Waals surface area contributed by atoms with Crippen LogP contribution in [0.5, 0.6) is 0 Å². The minimum Gasteiger partial charge on any atom is -0.393 e. The fourth-order valence-corrected chi connectivity index (χ4v) is 3.03. The van der Waals surface area contributed by atoms with Gasteiger partial charge in [-0.25, -0.2) is 0 Å². The molecule has 4 heteroatoms. The largest absolute Gasteiger partial charge is 0.393 e. The second kappa shape index (κ2) is 4.94. The fourth-order valence-electron chi connectivity index (χ4n) is 3.03. The van der Waals surface area contributed by atoms with E-state index in [1.165, 1.54) is 6.42 Å². The zero-order chi connectivity index (χ0) is 12.5. The summed E-state index contributed by atoms with van der Waals surface area (Å²) >= 11 is 0. The Labute approximate surface area is 103 Å². The first kappa shape index (κ1) is 12.8. The summed E-state index contributed by atoms with van der Waals surface area (Å²) in [6.45, 7) is 3.30. The van der Waals surface area contributed by atoms with E-state index in [4.69, 9.17) is 5.73 Å². The Hall–Kier alpha value is -0.610. The van der Waals surface area contributed by atoms with Gasteiger partial charge in [0.15, 0.2) is 0 Å². The first-order chi connectivity index (χ1) is 8.03. The molecule has 0 bridgehead atoms. The lowest BCUT2D eigenvalue weighted by molar-refractivity contribution is -0.141. The lowest BCUT2D eigenvalue weighted by Crippen LogP contribution is -2.59. The van der Waals surface area contributed by atoms with Crippen LogP contribution in [-0.4, -0.2) is 40.6 Å². The number of amides is 1. The number of aliphatic hydroxyl groups is 1. The van der Waals surface area contributed by atoms with Crippen molar-refractivity contribution in [1.82, 2.24) is 4.90 Å². The number of carbonyl (C=O) groups excluding carboxylic acids is 1. The predicted molar refractivity (Wildman–Crippen MR) is 66.4 cm³/mol. The molecule has 2 atom stereocenters. The van der Waals surface area contributed by atoms with Gasteiger partial charge in [0, 0.05) is 13.1 Å². The van der Waals surface area contributed by atoms with Gasteiger partial charge in [0.05, 0.1) is 11.6 Å². The normalized spacial score (nSPS) is 33.5. The first-order valence-corrected chi connectivity index (χ1v) is 6.79. The molecule has 3 N–H and O–H groups in total. The Balaban J connectivity index is 1.99. The van der Waals surface area contributed by atoms with Gasteiger partial charge < -0.3 is 15.7 Å². The zero-order valence-corrected chi connectivity index (χ0v) is 10.7. The van der Waals surface area contributed by atoms with E-state index in [9.17, 15) is 9.90 Å². The van der Waals surface area contributed by atoms with E-state index in [-0.39, 0.29) is 17.9 Å². The third kappa shape index (κ3) is 2.63. The number of aliphatic hydroxyl groups excluding tert-OH is 1. The Kier molecular flexibility index (Phi) is 3.73. The first-order valence-electron chi connectivity index (χ1n) is 6.79. The molecular formula is C13H24N2O2. The van der Waals surface area contributed by atoms with Crippen molar-refractivity contribution in [2.45, 2.75) is 57.1 Å². The molecule has 0 aromatic rings. The van der Waals surface area contributed by atoms with Crippen LogP contribution in [-0.2, 0) is 4.79 Å². The van der Waals surface area contributed by atoms with Crippen molar-refractivity contribution in [1.29, 1.82) is 0 Å². The van der Waals surface area contributed by atoms with Crippen molar-refractivity contribution in [3.63, 3.8) is 0 Å². The van der Waals surface area contributed by atoms with E-state index in [1.807, 2.05) is 11.8 Å². The van der Waals surface area contributed by atoms with Crippen molar-refractivity contribution in [2.24, 2.45) is 11.7 Å². The topological polar surface area (TPSA) is 66.6 Å². The molecule has 1 saturated heterocycles. The quantitative estimate of drug-likeness (QED) is 0.715. The van der Waals surface area contributed by atoms with Crippen LogP contribution in [0, 0.1) is 5.92 Å². The number of carbonyl (C=O) groups is 1. The summed E-state index contributed by atoms with van der Waals surface area (Å²) in [7, 11) is 0. The maximum atomic E-state index is 12.4. The minimum atomic E-state index is -0.625. The molecule has 0 aromatic heterocycles. The molecule has 1 aliphatic carbocycles. The van der Waals surface area contributed by atoms with Crippen LogP contribution >= 0.6 is 0 Å². The number of piperidine rings is 1. The van der Waals surface area contributed by atoms with E-state index in [1.54, 1.807) is 0 Å². The van der Waals surface area contributed by atoms with E-state index < -0.39 is 5.54 Å². The van der Waals surface area contributed by atoms with E-state index in [0.29, 0.717) is 19.5 Å². The van der Waals surface area contributed by atoms with E-state index >= 15 is 0 Å². The SMILES string of the molecule is CC1CN(C(=O)C2(N)CCCCC2)CCC1O.